The van der Waals surface area contributed by atoms with Crippen molar-refractivity contribution in [3.63, 3.8) is 0 Å². The van der Waals surface area contributed by atoms with Gasteiger partial charge in [-0.2, -0.15) is 0 Å². The fourth-order valence-electron chi connectivity index (χ4n) is 2.52. The zero-order valence-electron chi connectivity index (χ0n) is 13.6. The predicted molar refractivity (Wildman–Crippen MR) is 98.6 cm³/mol. The van der Waals surface area contributed by atoms with Crippen LogP contribution in [-0.2, 0) is 11.2 Å². The van der Waals surface area contributed by atoms with E-state index in [1.165, 1.54) is 23.5 Å². The number of fused-ring (bicyclic) bond motifs is 1. The quantitative estimate of drug-likeness (QED) is 0.727. The van der Waals surface area contributed by atoms with E-state index < -0.39 is 0 Å². The number of hydrogen-bond acceptors (Lipinski definition) is 3. The average molecular weight is 356 g/mol. The zero-order valence-corrected chi connectivity index (χ0v) is 14.5. The van der Waals surface area contributed by atoms with Crippen LogP contribution in [0.1, 0.15) is 22.2 Å². The fraction of sp³-hybridized carbons (Fsp3) is 0.158. The second kappa shape index (κ2) is 7.44. The van der Waals surface area contributed by atoms with E-state index in [-0.39, 0.29) is 24.2 Å². The molecule has 1 heterocycles. The van der Waals surface area contributed by atoms with Gasteiger partial charge in [0.15, 0.2) is 0 Å². The van der Waals surface area contributed by atoms with Crippen LogP contribution in [0.2, 0.25) is 0 Å². The number of para-hydroxylation sites is 1. The summed E-state index contributed by atoms with van der Waals surface area (Å²) < 4.78 is 14.0. The molecule has 0 spiro atoms. The van der Waals surface area contributed by atoms with Gasteiger partial charge in [-0.05, 0) is 47.7 Å². The Morgan fingerprint density at radius 1 is 1.12 bits per heavy atom. The van der Waals surface area contributed by atoms with Gasteiger partial charge in [-0.25, -0.2) is 4.39 Å². The number of thiophene rings is 1. The Hall–Kier alpha value is -2.73. The number of nitrogens with one attached hydrogen (secondary N) is 2. The molecule has 2 aromatic carbocycles. The van der Waals surface area contributed by atoms with Crippen LogP contribution in [0.3, 0.4) is 0 Å². The van der Waals surface area contributed by atoms with Crippen molar-refractivity contribution < 1.29 is 14.0 Å². The van der Waals surface area contributed by atoms with Gasteiger partial charge >= 0.3 is 0 Å². The van der Waals surface area contributed by atoms with E-state index in [1.54, 1.807) is 12.1 Å². The molecule has 0 saturated carbocycles. The normalized spacial score (nSPS) is 10.6. The monoisotopic (exact) mass is 356 g/mol. The van der Waals surface area contributed by atoms with Crippen LogP contribution in [0.4, 0.5) is 10.1 Å². The molecule has 0 saturated heterocycles. The van der Waals surface area contributed by atoms with Gasteiger partial charge < -0.3 is 10.6 Å². The second-order valence-corrected chi connectivity index (χ2v) is 6.62. The molecule has 0 atom stereocenters. The maximum Gasteiger partial charge on any atom is 0.261 e. The number of hydrogen-bond donors (Lipinski definition) is 2. The molecular weight excluding hydrogens is 339 g/mol. The van der Waals surface area contributed by atoms with Gasteiger partial charge in [-0.15, -0.1) is 11.3 Å². The number of benzene rings is 2. The molecule has 128 valence electrons. The molecule has 25 heavy (non-hydrogen) atoms. The van der Waals surface area contributed by atoms with Crippen molar-refractivity contribution in [1.29, 1.82) is 0 Å². The van der Waals surface area contributed by atoms with E-state index in [1.807, 2.05) is 31.2 Å². The average Bonchev–Trinajstić information content (AvgIpc) is 3.03. The molecular formula is C19H17FN2O2S. The minimum Gasteiger partial charge on any atom is -0.342 e. The highest BCUT2D eigenvalue weighted by atomic mass is 32.1. The third-order valence-corrected chi connectivity index (χ3v) is 4.90. The smallest absolute Gasteiger partial charge is 0.261 e. The molecule has 1 aromatic heterocycles. The summed E-state index contributed by atoms with van der Waals surface area (Å²) in [4.78, 5) is 24.7. The van der Waals surface area contributed by atoms with E-state index >= 15 is 0 Å². The van der Waals surface area contributed by atoms with Crippen molar-refractivity contribution >= 4 is 38.9 Å². The zero-order chi connectivity index (χ0) is 17.8. The molecule has 2 amide bonds. The Balaban J connectivity index is 1.62. The third kappa shape index (κ3) is 4.03. The van der Waals surface area contributed by atoms with E-state index in [2.05, 4.69) is 10.6 Å². The summed E-state index contributed by atoms with van der Waals surface area (Å²) >= 11 is 1.27. The van der Waals surface area contributed by atoms with E-state index in [0.717, 1.165) is 22.4 Å². The van der Waals surface area contributed by atoms with Gasteiger partial charge in [0.05, 0.1) is 11.4 Å². The summed E-state index contributed by atoms with van der Waals surface area (Å²) in [5.41, 5.74) is 1.79. The molecule has 0 bridgehead atoms. The lowest BCUT2D eigenvalue weighted by molar-refractivity contribution is -0.115. The predicted octanol–water partition coefficient (Wildman–Crippen LogP) is 3.97. The Morgan fingerprint density at radius 3 is 2.72 bits per heavy atom. The van der Waals surface area contributed by atoms with Crippen molar-refractivity contribution in [3.8, 4) is 0 Å². The molecule has 0 fully saturated rings. The topological polar surface area (TPSA) is 58.2 Å². The van der Waals surface area contributed by atoms with Crippen LogP contribution in [-0.4, -0.2) is 18.4 Å². The van der Waals surface area contributed by atoms with Crippen molar-refractivity contribution in [3.05, 3.63) is 64.8 Å². The summed E-state index contributed by atoms with van der Waals surface area (Å²) in [6.45, 7) is 1.89. The molecule has 0 radical (unpaired) electrons. The lowest BCUT2D eigenvalue weighted by Crippen LogP contribution is -2.32. The van der Waals surface area contributed by atoms with Gasteiger partial charge in [0, 0.05) is 10.4 Å². The largest absolute Gasteiger partial charge is 0.342 e. The first-order chi connectivity index (χ1) is 12.1. The minimum absolute atomic E-state index is 0.126. The Labute approximate surface area is 148 Å². The Bertz CT molecular complexity index is 936. The first kappa shape index (κ1) is 17.1. The molecule has 3 rings (SSSR count). The fourth-order valence-corrected chi connectivity index (χ4v) is 3.48. The number of halogens is 1. The highest BCUT2D eigenvalue weighted by Crippen LogP contribution is 2.26. The number of carbonyl (C=O) groups is 2. The SMILES string of the molecule is CCc1ccccc1NC(=O)CNC(=O)c1cc2cc(F)ccc2s1. The molecule has 0 aliphatic rings. The van der Waals surface area contributed by atoms with Crippen LogP contribution in [0.5, 0.6) is 0 Å². The summed E-state index contributed by atoms with van der Waals surface area (Å²) in [7, 11) is 0. The van der Waals surface area contributed by atoms with Crippen molar-refractivity contribution in [2.75, 3.05) is 11.9 Å². The van der Waals surface area contributed by atoms with E-state index in [9.17, 15) is 14.0 Å². The number of carbonyl (C=O) groups excluding carboxylic acids is 2. The number of rotatable bonds is 5. The first-order valence-electron chi connectivity index (χ1n) is 7.92. The molecule has 0 aliphatic carbocycles. The summed E-state index contributed by atoms with van der Waals surface area (Å²) in [5.74, 6) is -0.979. The lowest BCUT2D eigenvalue weighted by atomic mass is 10.1. The van der Waals surface area contributed by atoms with E-state index in [4.69, 9.17) is 0 Å². The summed E-state index contributed by atoms with van der Waals surface area (Å²) in [6.07, 6.45) is 0.807. The Morgan fingerprint density at radius 2 is 1.92 bits per heavy atom. The highest BCUT2D eigenvalue weighted by Gasteiger charge is 2.12. The Kier molecular flexibility index (Phi) is 5.09. The van der Waals surface area contributed by atoms with Gasteiger partial charge in [-0.3, -0.25) is 9.59 Å². The molecule has 0 aliphatic heterocycles. The molecule has 6 heteroatoms. The molecule has 4 nitrogen and oxygen atoms in total. The number of amides is 2. The molecule has 2 N–H and O–H groups in total. The van der Waals surface area contributed by atoms with E-state index in [0.29, 0.717) is 10.3 Å². The van der Waals surface area contributed by atoms with Crippen LogP contribution in [0.25, 0.3) is 10.1 Å². The highest BCUT2D eigenvalue weighted by molar-refractivity contribution is 7.20. The number of anilines is 1. The maximum absolute atomic E-state index is 13.2. The minimum atomic E-state index is -0.347. The summed E-state index contributed by atoms with van der Waals surface area (Å²) in [5, 5.41) is 6.08. The maximum atomic E-state index is 13.2. The van der Waals surface area contributed by atoms with Crippen molar-refractivity contribution in [1.82, 2.24) is 5.32 Å². The summed E-state index contributed by atoms with van der Waals surface area (Å²) in [6, 6.07) is 13.6. The third-order valence-electron chi connectivity index (χ3n) is 3.78. The van der Waals surface area contributed by atoms with Gasteiger partial charge in [0.2, 0.25) is 5.91 Å². The van der Waals surface area contributed by atoms with Gasteiger partial charge in [0.25, 0.3) is 5.91 Å². The van der Waals surface area contributed by atoms with Gasteiger partial charge in [0.1, 0.15) is 5.82 Å². The van der Waals surface area contributed by atoms with Crippen LogP contribution in [0.15, 0.2) is 48.5 Å². The first-order valence-corrected chi connectivity index (χ1v) is 8.73. The van der Waals surface area contributed by atoms with Crippen molar-refractivity contribution in [2.24, 2.45) is 0 Å². The van der Waals surface area contributed by atoms with Crippen LogP contribution >= 0.6 is 11.3 Å². The van der Waals surface area contributed by atoms with Crippen molar-refractivity contribution in [2.45, 2.75) is 13.3 Å². The molecule has 0 unspecified atom stereocenters. The van der Waals surface area contributed by atoms with Gasteiger partial charge in [-0.1, -0.05) is 25.1 Å². The van der Waals surface area contributed by atoms with Crippen LogP contribution in [0, 0.1) is 5.82 Å². The standard InChI is InChI=1S/C19H17FN2O2S/c1-2-12-5-3-4-6-15(12)22-18(23)11-21-19(24)17-10-13-9-14(20)7-8-16(13)25-17/h3-10H,2,11H2,1H3,(H,21,24)(H,22,23). The van der Waals surface area contributed by atoms with Crippen LogP contribution < -0.4 is 10.6 Å². The second-order valence-electron chi connectivity index (χ2n) is 5.53. The molecule has 3 aromatic rings. The number of aryl methyl sites for hydroxylation is 1. The lowest BCUT2D eigenvalue weighted by Gasteiger charge is -2.10.